The zero-order valence-corrected chi connectivity index (χ0v) is 14.0. The summed E-state index contributed by atoms with van der Waals surface area (Å²) in [5, 5.41) is 0. The summed E-state index contributed by atoms with van der Waals surface area (Å²) in [5.41, 5.74) is 0.816. The summed E-state index contributed by atoms with van der Waals surface area (Å²) >= 11 is 0. The lowest BCUT2D eigenvalue weighted by molar-refractivity contribution is 0.125. The van der Waals surface area contributed by atoms with Gasteiger partial charge in [-0.2, -0.15) is 0 Å². The van der Waals surface area contributed by atoms with E-state index in [1.807, 2.05) is 36.4 Å². The summed E-state index contributed by atoms with van der Waals surface area (Å²) in [6.07, 6.45) is 9.83. The van der Waals surface area contributed by atoms with E-state index in [0.29, 0.717) is 6.42 Å². The first-order valence-corrected chi connectivity index (χ1v) is 9.46. The number of phosphoric ester groups is 1. The molecule has 0 saturated carbocycles. The van der Waals surface area contributed by atoms with Gasteiger partial charge in [-0.25, -0.2) is 4.57 Å². The second-order valence-electron chi connectivity index (χ2n) is 5.48. The van der Waals surface area contributed by atoms with Crippen molar-refractivity contribution in [1.29, 1.82) is 0 Å². The Balaban J connectivity index is 2.33. The van der Waals surface area contributed by atoms with Crippen LogP contribution in [0.5, 0.6) is 0 Å². The van der Waals surface area contributed by atoms with Crippen LogP contribution >= 0.6 is 7.82 Å². The largest absolute Gasteiger partial charge is 0.470 e. The number of hydrogen-bond donors (Lipinski definition) is 2. The first kappa shape index (κ1) is 19.1. The lowest BCUT2D eigenvalue weighted by Crippen LogP contribution is -2.03. The van der Waals surface area contributed by atoms with Crippen molar-refractivity contribution < 1.29 is 18.9 Å². The summed E-state index contributed by atoms with van der Waals surface area (Å²) in [7, 11) is -4.47. The molecule has 0 saturated heterocycles. The summed E-state index contributed by atoms with van der Waals surface area (Å²) in [6.45, 7) is 3.71. The van der Waals surface area contributed by atoms with Gasteiger partial charge in [0.1, 0.15) is 0 Å². The molecule has 0 aliphatic heterocycles. The molecule has 0 fully saturated rings. The van der Waals surface area contributed by atoms with Crippen molar-refractivity contribution in [3.05, 3.63) is 48.6 Å². The summed E-state index contributed by atoms with van der Waals surface area (Å²) in [6, 6.07) is 9.27. The maximum absolute atomic E-state index is 11.1. The Hall–Kier alpha value is -0.930. The monoisotopic (exact) mass is 326 g/mol. The minimum atomic E-state index is -4.47. The molecule has 1 aromatic carbocycles. The SMILES string of the molecule is C=CCCCCCCCCC(OP(=O)(O)O)c1ccccc1. The van der Waals surface area contributed by atoms with Gasteiger partial charge in [0.15, 0.2) is 0 Å². The molecule has 0 amide bonds. The predicted octanol–water partition coefficient (Wildman–Crippen LogP) is 5.14. The summed E-state index contributed by atoms with van der Waals surface area (Å²) in [5.74, 6) is 0. The van der Waals surface area contributed by atoms with Gasteiger partial charge in [0.25, 0.3) is 0 Å². The third-order valence-electron chi connectivity index (χ3n) is 3.56. The molecule has 1 aromatic rings. The van der Waals surface area contributed by atoms with Crippen LogP contribution in [0.3, 0.4) is 0 Å². The van der Waals surface area contributed by atoms with Crippen molar-refractivity contribution in [3.63, 3.8) is 0 Å². The molecule has 5 heteroatoms. The molecule has 0 aromatic heterocycles. The summed E-state index contributed by atoms with van der Waals surface area (Å²) < 4.78 is 16.1. The highest BCUT2D eigenvalue weighted by Crippen LogP contribution is 2.44. The Bertz CT molecular complexity index is 455. The maximum Gasteiger partial charge on any atom is 0.470 e. The van der Waals surface area contributed by atoms with E-state index in [1.165, 1.54) is 19.3 Å². The average molecular weight is 326 g/mol. The van der Waals surface area contributed by atoms with Crippen LogP contribution in [0, 0.1) is 0 Å². The lowest BCUT2D eigenvalue weighted by atomic mass is 10.0. The van der Waals surface area contributed by atoms with Crippen molar-refractivity contribution in [2.75, 3.05) is 0 Å². The number of hydrogen-bond acceptors (Lipinski definition) is 2. The Morgan fingerprint density at radius 3 is 2.23 bits per heavy atom. The number of phosphoric acid groups is 1. The van der Waals surface area contributed by atoms with E-state index in [4.69, 9.17) is 14.3 Å². The van der Waals surface area contributed by atoms with E-state index < -0.39 is 13.9 Å². The van der Waals surface area contributed by atoms with Gasteiger partial charge in [0.2, 0.25) is 0 Å². The van der Waals surface area contributed by atoms with Gasteiger partial charge >= 0.3 is 7.82 Å². The molecule has 1 unspecified atom stereocenters. The molecular formula is C17H27O4P. The van der Waals surface area contributed by atoms with Crippen LogP contribution in [-0.4, -0.2) is 9.79 Å². The Morgan fingerprint density at radius 2 is 1.64 bits per heavy atom. The molecule has 0 radical (unpaired) electrons. The zero-order valence-electron chi connectivity index (χ0n) is 13.1. The zero-order chi connectivity index (χ0) is 16.3. The number of rotatable bonds is 12. The van der Waals surface area contributed by atoms with E-state index in [2.05, 4.69) is 6.58 Å². The molecule has 0 aliphatic carbocycles. The highest BCUT2D eigenvalue weighted by molar-refractivity contribution is 7.46. The maximum atomic E-state index is 11.1. The van der Waals surface area contributed by atoms with E-state index >= 15 is 0 Å². The highest BCUT2D eigenvalue weighted by Gasteiger charge is 2.23. The third kappa shape index (κ3) is 9.16. The summed E-state index contributed by atoms with van der Waals surface area (Å²) in [4.78, 5) is 18.1. The van der Waals surface area contributed by atoms with Crippen molar-refractivity contribution in [1.82, 2.24) is 0 Å². The Labute approximate surface area is 133 Å². The van der Waals surface area contributed by atoms with E-state index in [-0.39, 0.29) is 0 Å². The standard InChI is InChI=1S/C17H27O4P/c1-2-3-4-5-6-7-8-12-15-17(21-22(18,19)20)16-13-10-9-11-14-16/h2,9-11,13-14,17H,1,3-8,12,15H2,(H2,18,19,20). The molecule has 0 heterocycles. The van der Waals surface area contributed by atoms with Crippen LogP contribution < -0.4 is 0 Å². The van der Waals surface area contributed by atoms with Crippen molar-refractivity contribution in [2.24, 2.45) is 0 Å². The molecule has 4 nitrogen and oxygen atoms in total. The molecule has 0 bridgehead atoms. The van der Waals surface area contributed by atoms with Gasteiger partial charge in [-0.05, 0) is 24.8 Å². The predicted molar refractivity (Wildman–Crippen MR) is 89.4 cm³/mol. The van der Waals surface area contributed by atoms with Gasteiger partial charge in [0.05, 0.1) is 6.10 Å². The normalized spacial score (nSPS) is 13.0. The first-order valence-electron chi connectivity index (χ1n) is 7.92. The van der Waals surface area contributed by atoms with Gasteiger partial charge in [-0.3, -0.25) is 4.52 Å². The molecule has 2 N–H and O–H groups in total. The molecule has 22 heavy (non-hydrogen) atoms. The van der Waals surface area contributed by atoms with Crippen LogP contribution in [0.15, 0.2) is 43.0 Å². The van der Waals surface area contributed by atoms with Crippen molar-refractivity contribution in [3.8, 4) is 0 Å². The number of unbranched alkanes of at least 4 members (excludes halogenated alkanes) is 6. The van der Waals surface area contributed by atoms with Gasteiger partial charge in [-0.1, -0.05) is 68.5 Å². The van der Waals surface area contributed by atoms with E-state index in [1.54, 1.807) is 0 Å². The molecule has 1 rings (SSSR count). The van der Waals surface area contributed by atoms with Crippen molar-refractivity contribution >= 4 is 7.82 Å². The minimum Gasteiger partial charge on any atom is -0.303 e. The topological polar surface area (TPSA) is 66.8 Å². The van der Waals surface area contributed by atoms with Crippen molar-refractivity contribution in [2.45, 2.75) is 57.5 Å². The minimum absolute atomic E-state index is 0.539. The Kier molecular flexibility index (Phi) is 9.33. The van der Waals surface area contributed by atoms with Crippen LogP contribution in [0.25, 0.3) is 0 Å². The smallest absolute Gasteiger partial charge is 0.303 e. The quantitative estimate of drug-likeness (QED) is 0.317. The highest BCUT2D eigenvalue weighted by atomic mass is 31.2. The average Bonchev–Trinajstić information content (AvgIpc) is 2.48. The van der Waals surface area contributed by atoms with Crippen LogP contribution in [0.4, 0.5) is 0 Å². The molecule has 0 spiro atoms. The second-order valence-corrected chi connectivity index (χ2v) is 6.67. The lowest BCUT2D eigenvalue weighted by Gasteiger charge is -2.18. The fraction of sp³-hybridized carbons (Fsp3) is 0.529. The first-order chi connectivity index (χ1) is 10.5. The third-order valence-corrected chi connectivity index (χ3v) is 4.09. The number of benzene rings is 1. The second kappa shape index (κ2) is 10.7. The molecular weight excluding hydrogens is 299 g/mol. The van der Waals surface area contributed by atoms with Crippen LogP contribution in [-0.2, 0) is 9.09 Å². The molecule has 124 valence electrons. The molecule has 0 aliphatic rings. The fourth-order valence-electron chi connectivity index (χ4n) is 2.44. The Morgan fingerprint density at radius 1 is 1.05 bits per heavy atom. The van der Waals surface area contributed by atoms with Gasteiger partial charge in [-0.15, -0.1) is 6.58 Å². The molecule has 1 atom stereocenters. The number of allylic oxidation sites excluding steroid dienone is 1. The van der Waals surface area contributed by atoms with Gasteiger partial charge in [0, 0.05) is 0 Å². The van der Waals surface area contributed by atoms with Crippen LogP contribution in [0.1, 0.15) is 63.0 Å². The van der Waals surface area contributed by atoms with Gasteiger partial charge < -0.3 is 9.79 Å². The fourth-order valence-corrected chi connectivity index (χ4v) is 3.00. The van der Waals surface area contributed by atoms with E-state index in [9.17, 15) is 4.57 Å². The van der Waals surface area contributed by atoms with E-state index in [0.717, 1.165) is 31.2 Å². The van der Waals surface area contributed by atoms with Crippen LogP contribution in [0.2, 0.25) is 0 Å².